The molecule has 1 saturated heterocycles. The van der Waals surface area contributed by atoms with Gasteiger partial charge >= 0.3 is 0 Å². The minimum atomic E-state index is -1.60. The second-order valence-corrected chi connectivity index (χ2v) is 9.27. The number of thioether (sulfide) groups is 1. The molecule has 0 spiro atoms. The molecule has 5 rings (SSSR count). The number of benzene rings is 3. The summed E-state index contributed by atoms with van der Waals surface area (Å²) in [5.41, 5.74) is -0.948. The average Bonchev–Trinajstić information content (AvgIpc) is 3.34. The number of aliphatic hydroxyl groups is 3. The predicted molar refractivity (Wildman–Crippen MR) is 122 cm³/mol. The minimum Gasteiger partial charge on any atom is -0.394 e. The van der Waals surface area contributed by atoms with E-state index in [0.29, 0.717) is 0 Å². The van der Waals surface area contributed by atoms with Gasteiger partial charge in [-0.15, -0.1) is 5.10 Å². The van der Waals surface area contributed by atoms with Crippen molar-refractivity contribution in [2.75, 3.05) is 6.61 Å². The van der Waals surface area contributed by atoms with E-state index in [1.807, 2.05) is 42.5 Å². The van der Waals surface area contributed by atoms with Crippen LogP contribution in [-0.2, 0) is 4.74 Å². The van der Waals surface area contributed by atoms with Gasteiger partial charge < -0.3 is 20.1 Å². The van der Waals surface area contributed by atoms with E-state index in [1.165, 1.54) is 18.0 Å². The first-order valence-corrected chi connectivity index (χ1v) is 11.6. The lowest BCUT2D eigenvalue weighted by molar-refractivity contribution is -0.178. The van der Waals surface area contributed by atoms with E-state index in [0.717, 1.165) is 32.5 Å². The highest BCUT2D eigenvalue weighted by Gasteiger charge is 2.46. The molecule has 4 aromatic rings. The van der Waals surface area contributed by atoms with Crippen LogP contribution in [0.1, 0.15) is 6.04 Å². The Hall–Kier alpha value is -2.96. The monoisotopic (exact) mass is 503 g/mol. The molecule has 1 aliphatic heterocycles. The van der Waals surface area contributed by atoms with Gasteiger partial charge in [-0.3, -0.25) is 0 Å². The minimum absolute atomic E-state index is 0.00694. The van der Waals surface area contributed by atoms with Crippen LogP contribution in [0, 0.1) is 17.5 Å². The number of halogens is 3. The molecular weight excluding hydrogens is 483 g/mol. The van der Waals surface area contributed by atoms with Crippen molar-refractivity contribution in [2.45, 2.75) is 34.7 Å². The van der Waals surface area contributed by atoms with E-state index >= 15 is 0 Å². The highest BCUT2D eigenvalue weighted by Crippen LogP contribution is 2.40. The Morgan fingerprint density at radius 1 is 0.971 bits per heavy atom. The van der Waals surface area contributed by atoms with Gasteiger partial charge in [-0.05, 0) is 29.0 Å². The highest BCUT2D eigenvalue weighted by atomic mass is 32.2. The number of nitrogens with zero attached hydrogens (tertiary/aromatic N) is 3. The molecule has 0 radical (unpaired) electrons. The quantitative estimate of drug-likeness (QED) is 0.360. The lowest BCUT2D eigenvalue weighted by Gasteiger charge is -2.41. The van der Waals surface area contributed by atoms with Crippen molar-refractivity contribution in [1.29, 1.82) is 0 Å². The van der Waals surface area contributed by atoms with Gasteiger partial charge in [0, 0.05) is 10.5 Å². The second kappa shape index (κ2) is 9.59. The predicted octanol–water partition coefficient (Wildman–Crippen LogP) is 3.29. The Bertz CT molecular complexity index is 1340. The Kier molecular flexibility index (Phi) is 6.51. The number of ether oxygens (including phenoxy) is 1. The fraction of sp³-hybridized carbons (Fsp3) is 0.250. The third-order valence-electron chi connectivity index (χ3n) is 5.94. The number of aromatic nitrogens is 3. The summed E-state index contributed by atoms with van der Waals surface area (Å²) in [6, 6.07) is 13.9. The molecule has 1 fully saturated rings. The van der Waals surface area contributed by atoms with Crippen LogP contribution < -0.4 is 0 Å². The van der Waals surface area contributed by atoms with E-state index in [1.54, 1.807) is 0 Å². The summed E-state index contributed by atoms with van der Waals surface area (Å²) < 4.78 is 47.7. The van der Waals surface area contributed by atoms with E-state index in [9.17, 15) is 28.5 Å². The topological polar surface area (TPSA) is 101 Å². The molecule has 182 valence electrons. The smallest absolute Gasteiger partial charge is 0.194 e. The fourth-order valence-corrected chi connectivity index (χ4v) is 5.38. The zero-order valence-corrected chi connectivity index (χ0v) is 18.8. The molecule has 0 bridgehead atoms. The SMILES string of the molecule is OCC1O[C@H](Sc2cccc3ccccc23)[C@@H](O)C(n2cc(-c3cc(F)c(F)c(F)c3)nn2)[C@H]1O. The first kappa shape index (κ1) is 23.8. The zero-order chi connectivity index (χ0) is 24.7. The summed E-state index contributed by atoms with van der Waals surface area (Å²) in [5.74, 6) is -4.37. The van der Waals surface area contributed by atoms with Crippen LogP contribution in [0.25, 0.3) is 22.0 Å². The third-order valence-corrected chi connectivity index (χ3v) is 7.17. The van der Waals surface area contributed by atoms with Gasteiger partial charge in [0.1, 0.15) is 35.5 Å². The number of hydrogen-bond acceptors (Lipinski definition) is 7. The first-order chi connectivity index (χ1) is 16.9. The maximum absolute atomic E-state index is 13.7. The van der Waals surface area contributed by atoms with Crippen molar-refractivity contribution >= 4 is 22.5 Å². The molecule has 0 saturated carbocycles. The number of hydrogen-bond donors (Lipinski definition) is 3. The van der Waals surface area contributed by atoms with Gasteiger partial charge in [0.05, 0.1) is 12.8 Å². The lowest BCUT2D eigenvalue weighted by Crippen LogP contribution is -2.55. The van der Waals surface area contributed by atoms with E-state index < -0.39 is 53.8 Å². The zero-order valence-electron chi connectivity index (χ0n) is 18.0. The van der Waals surface area contributed by atoms with E-state index in [2.05, 4.69) is 10.3 Å². The fourth-order valence-electron chi connectivity index (χ4n) is 4.16. The Balaban J connectivity index is 1.47. The van der Waals surface area contributed by atoms with Gasteiger partial charge in [-0.25, -0.2) is 17.9 Å². The maximum Gasteiger partial charge on any atom is 0.194 e. The van der Waals surface area contributed by atoms with Gasteiger partial charge in [-0.1, -0.05) is 53.4 Å². The van der Waals surface area contributed by atoms with Gasteiger partial charge in [-0.2, -0.15) is 0 Å². The van der Waals surface area contributed by atoms with Crippen molar-refractivity contribution < 1.29 is 33.2 Å². The standard InChI is InChI=1S/C24H20F3N3O4S/c25-15-8-13(9-16(26)20(15)27)17-10-30(29-28-17)21-22(32)18(11-31)34-24(23(21)33)35-19-7-3-5-12-4-1-2-6-14(12)19/h1-10,18,21-24,31-33H,11H2/t18?,21?,22-,23-,24+/m0/s1. The summed E-state index contributed by atoms with van der Waals surface area (Å²) >= 11 is 1.23. The van der Waals surface area contributed by atoms with Crippen molar-refractivity contribution in [3.8, 4) is 11.3 Å². The number of aliphatic hydroxyl groups excluding tert-OH is 3. The van der Waals surface area contributed by atoms with Crippen LogP contribution in [0.4, 0.5) is 13.2 Å². The average molecular weight is 504 g/mol. The van der Waals surface area contributed by atoms with Crippen molar-refractivity contribution in [3.05, 3.63) is 78.2 Å². The molecule has 11 heteroatoms. The molecule has 3 aromatic carbocycles. The Labute approximate surface area is 201 Å². The molecule has 2 unspecified atom stereocenters. The molecule has 0 aliphatic carbocycles. The van der Waals surface area contributed by atoms with Crippen LogP contribution in [-0.4, -0.2) is 60.7 Å². The molecule has 5 atom stereocenters. The van der Waals surface area contributed by atoms with E-state index in [4.69, 9.17) is 4.74 Å². The molecule has 2 heterocycles. The summed E-state index contributed by atoms with van der Waals surface area (Å²) in [4.78, 5) is 0.829. The molecular formula is C24H20F3N3O4S. The van der Waals surface area contributed by atoms with Gasteiger partial charge in [0.15, 0.2) is 17.5 Å². The van der Waals surface area contributed by atoms with Gasteiger partial charge in [0.25, 0.3) is 0 Å². The summed E-state index contributed by atoms with van der Waals surface area (Å²) in [6.07, 6.45) is -2.42. The van der Waals surface area contributed by atoms with E-state index in [-0.39, 0.29) is 11.3 Å². The Morgan fingerprint density at radius 2 is 1.69 bits per heavy atom. The molecule has 1 aromatic heterocycles. The molecule has 1 aliphatic rings. The first-order valence-electron chi connectivity index (χ1n) is 10.7. The summed E-state index contributed by atoms with van der Waals surface area (Å²) in [5, 5.41) is 41.5. The van der Waals surface area contributed by atoms with Crippen LogP contribution in [0.5, 0.6) is 0 Å². The largest absolute Gasteiger partial charge is 0.394 e. The number of rotatable bonds is 5. The second-order valence-electron chi connectivity index (χ2n) is 8.13. The highest BCUT2D eigenvalue weighted by molar-refractivity contribution is 8.00. The van der Waals surface area contributed by atoms with Crippen LogP contribution in [0.2, 0.25) is 0 Å². The van der Waals surface area contributed by atoms with Crippen molar-refractivity contribution in [3.63, 3.8) is 0 Å². The van der Waals surface area contributed by atoms with Crippen LogP contribution >= 0.6 is 11.8 Å². The summed E-state index contributed by atoms with van der Waals surface area (Å²) in [6.45, 7) is -0.521. The van der Waals surface area contributed by atoms with Crippen LogP contribution in [0.15, 0.2) is 65.7 Å². The summed E-state index contributed by atoms with van der Waals surface area (Å²) in [7, 11) is 0. The van der Waals surface area contributed by atoms with Crippen molar-refractivity contribution in [2.24, 2.45) is 0 Å². The maximum atomic E-state index is 13.7. The number of fused-ring (bicyclic) bond motifs is 1. The van der Waals surface area contributed by atoms with Gasteiger partial charge in [0.2, 0.25) is 0 Å². The van der Waals surface area contributed by atoms with Crippen molar-refractivity contribution in [1.82, 2.24) is 15.0 Å². The van der Waals surface area contributed by atoms with Crippen LogP contribution in [0.3, 0.4) is 0 Å². The molecule has 0 amide bonds. The molecule has 35 heavy (non-hydrogen) atoms. The third kappa shape index (κ3) is 4.41. The molecule has 3 N–H and O–H groups in total. The lowest BCUT2D eigenvalue weighted by atomic mass is 9.97. The molecule has 7 nitrogen and oxygen atoms in total. The normalized spacial score (nSPS) is 24.7. The Morgan fingerprint density at radius 3 is 2.43 bits per heavy atom.